The molecule has 5 atom stereocenters. The average molecular weight is 524 g/mol. The van der Waals surface area contributed by atoms with Crippen molar-refractivity contribution >= 4 is 28.5 Å². The number of aromatic nitrogens is 1. The number of carbonyl (C=O) groups excluding carboxylic acids is 1. The van der Waals surface area contributed by atoms with Gasteiger partial charge in [-0.1, -0.05) is 31.2 Å². The van der Waals surface area contributed by atoms with Gasteiger partial charge in [0.15, 0.2) is 12.0 Å². The van der Waals surface area contributed by atoms with Crippen molar-refractivity contribution < 1.29 is 28.2 Å². The number of nitrogens with zero attached hydrogens (tertiary/aromatic N) is 2. The maximum Gasteiger partial charge on any atom is 0.332 e. The number of rotatable bonds is 9. The number of likely N-dealkylation sites (tertiary alicyclic amines) is 1. The molecule has 1 saturated heterocycles. The Bertz CT molecular complexity index is 1310. The van der Waals surface area contributed by atoms with Crippen molar-refractivity contribution in [3.63, 3.8) is 0 Å². The number of ether oxygens (including phenoxy) is 1. The third kappa shape index (κ3) is 5.17. The molecule has 2 N–H and O–H groups in total. The third-order valence-corrected chi connectivity index (χ3v) is 7.96. The Kier molecular flexibility index (Phi) is 7.49. The van der Waals surface area contributed by atoms with E-state index in [1.54, 1.807) is 18.2 Å². The maximum absolute atomic E-state index is 17.3. The number of hydrogen-bond acceptors (Lipinski definition) is 7. The zero-order valence-corrected chi connectivity index (χ0v) is 21.7. The lowest BCUT2D eigenvalue weighted by Crippen LogP contribution is -2.57. The first kappa shape index (κ1) is 26.3. The minimum Gasteiger partial charge on any atom is -0.481 e. The minimum absolute atomic E-state index is 0.205. The number of nitrogens with one attached hydrogen (secondary N) is 1. The fourth-order valence-electron chi connectivity index (χ4n) is 5.68. The fraction of sp³-hybridized carbons (Fsp3) is 0.483. The zero-order chi connectivity index (χ0) is 26.9. The van der Waals surface area contributed by atoms with Crippen LogP contribution in [0, 0.1) is 18.8 Å². The second kappa shape index (κ2) is 10.8. The molecule has 8 nitrogen and oxygen atoms in total. The van der Waals surface area contributed by atoms with Gasteiger partial charge in [-0.05, 0) is 74.3 Å². The molecule has 1 aliphatic heterocycles. The monoisotopic (exact) mass is 523 g/mol. The summed E-state index contributed by atoms with van der Waals surface area (Å²) in [6.07, 6.45) is 3.45. The molecule has 1 aromatic heterocycles. The van der Waals surface area contributed by atoms with Crippen LogP contribution in [0.3, 0.4) is 0 Å². The van der Waals surface area contributed by atoms with Gasteiger partial charge in [0, 0.05) is 18.8 Å². The molecule has 5 rings (SSSR count). The molecule has 5 unspecified atom stereocenters. The van der Waals surface area contributed by atoms with Crippen LogP contribution in [0.5, 0.6) is 0 Å². The quantitative estimate of drug-likeness (QED) is 0.355. The van der Waals surface area contributed by atoms with Crippen LogP contribution < -0.4 is 5.32 Å². The summed E-state index contributed by atoms with van der Waals surface area (Å²) >= 11 is 0. The van der Waals surface area contributed by atoms with Gasteiger partial charge >= 0.3 is 11.9 Å². The van der Waals surface area contributed by atoms with Gasteiger partial charge in [0.05, 0.1) is 12.0 Å². The number of Topliss-reactive ketones (excluding diaryl/α,β-unsaturated/α-hetero) is 1. The van der Waals surface area contributed by atoms with Gasteiger partial charge in [0.1, 0.15) is 11.6 Å². The lowest BCUT2D eigenvalue weighted by molar-refractivity contribution is -0.260. The van der Waals surface area contributed by atoms with Gasteiger partial charge in [-0.15, -0.1) is 0 Å². The Labute approximate surface area is 221 Å². The summed E-state index contributed by atoms with van der Waals surface area (Å²) in [5.41, 5.74) is 3.30. The van der Waals surface area contributed by atoms with Gasteiger partial charge < -0.3 is 19.6 Å². The first-order valence-corrected chi connectivity index (χ1v) is 13.3. The molecule has 2 heterocycles. The van der Waals surface area contributed by atoms with Crippen molar-refractivity contribution in [2.45, 2.75) is 64.1 Å². The van der Waals surface area contributed by atoms with Crippen LogP contribution in [0.15, 0.2) is 53.3 Å². The third-order valence-electron chi connectivity index (χ3n) is 7.96. The number of ketones is 1. The lowest BCUT2D eigenvalue weighted by Gasteiger charge is -2.41. The number of carboxylic acids is 1. The summed E-state index contributed by atoms with van der Waals surface area (Å²) in [4.78, 5) is 31.5. The fourth-order valence-corrected chi connectivity index (χ4v) is 5.68. The van der Waals surface area contributed by atoms with E-state index in [0.29, 0.717) is 54.7 Å². The van der Waals surface area contributed by atoms with Gasteiger partial charge in [-0.3, -0.25) is 9.59 Å². The van der Waals surface area contributed by atoms with Gasteiger partial charge in [0.2, 0.25) is 5.78 Å². The van der Waals surface area contributed by atoms with E-state index in [1.165, 1.54) is 11.3 Å². The predicted octanol–water partition coefficient (Wildman–Crippen LogP) is 5.48. The summed E-state index contributed by atoms with van der Waals surface area (Å²) < 4.78 is 28.9. The number of para-hydroxylation sites is 1. The van der Waals surface area contributed by atoms with E-state index in [0.717, 1.165) is 18.4 Å². The van der Waals surface area contributed by atoms with Crippen LogP contribution >= 0.6 is 0 Å². The second-order valence-electron chi connectivity index (χ2n) is 10.6. The number of oxazole rings is 1. The minimum atomic E-state index is -2.68. The number of carboxylic acid groups (broad SMARTS) is 1. The van der Waals surface area contributed by atoms with Gasteiger partial charge in [-0.2, -0.15) is 4.39 Å². The highest BCUT2D eigenvalue weighted by Crippen LogP contribution is 2.39. The molecule has 2 aliphatic rings. The van der Waals surface area contributed by atoms with Gasteiger partial charge in [0.25, 0.3) is 0 Å². The molecule has 3 aromatic rings. The van der Waals surface area contributed by atoms with Crippen LogP contribution in [-0.4, -0.2) is 51.9 Å². The molecule has 202 valence electrons. The number of halogens is 1. The Morgan fingerprint density at radius 2 is 1.97 bits per heavy atom. The van der Waals surface area contributed by atoms with Crippen molar-refractivity contribution in [1.29, 1.82) is 0 Å². The number of benzene rings is 2. The zero-order valence-electron chi connectivity index (χ0n) is 21.7. The topological polar surface area (TPSA) is 105 Å². The molecule has 1 aliphatic carbocycles. The molecule has 0 spiro atoms. The van der Waals surface area contributed by atoms with Crippen LogP contribution in [0.1, 0.15) is 56.2 Å². The largest absolute Gasteiger partial charge is 0.481 e. The highest BCUT2D eigenvalue weighted by molar-refractivity contribution is 5.94. The van der Waals surface area contributed by atoms with Crippen LogP contribution in [-0.2, 0) is 14.3 Å². The van der Waals surface area contributed by atoms with E-state index < -0.39 is 35.8 Å². The van der Waals surface area contributed by atoms with Crippen molar-refractivity contribution in [2.75, 3.05) is 18.4 Å². The number of anilines is 1. The highest BCUT2D eigenvalue weighted by Gasteiger charge is 2.53. The summed E-state index contributed by atoms with van der Waals surface area (Å²) in [7, 11) is 0. The number of carbonyl (C=O) groups is 2. The van der Waals surface area contributed by atoms with E-state index in [4.69, 9.17) is 9.15 Å². The Morgan fingerprint density at radius 3 is 2.68 bits per heavy atom. The van der Waals surface area contributed by atoms with Crippen molar-refractivity contribution in [2.24, 2.45) is 11.8 Å². The Morgan fingerprint density at radius 1 is 1.21 bits per heavy atom. The molecular weight excluding hydrogens is 489 g/mol. The van der Waals surface area contributed by atoms with Gasteiger partial charge in [-0.25, -0.2) is 9.88 Å². The first-order valence-electron chi connectivity index (χ1n) is 13.3. The Hall–Kier alpha value is -3.30. The number of aryl methyl sites for hydroxylation is 1. The molecule has 0 bridgehead atoms. The molecule has 1 saturated carbocycles. The Balaban J connectivity index is 1.51. The molecule has 0 amide bonds. The smallest absolute Gasteiger partial charge is 0.332 e. The molecule has 38 heavy (non-hydrogen) atoms. The van der Waals surface area contributed by atoms with E-state index in [9.17, 15) is 14.7 Å². The van der Waals surface area contributed by atoms with Crippen molar-refractivity contribution in [3.8, 4) is 0 Å². The number of aliphatic carboxylic acids is 1. The van der Waals surface area contributed by atoms with Crippen LogP contribution in [0.25, 0.3) is 11.1 Å². The maximum atomic E-state index is 17.3. The number of fused-ring (bicyclic) bond motifs is 1. The van der Waals surface area contributed by atoms with E-state index >= 15 is 4.39 Å². The van der Waals surface area contributed by atoms with E-state index in [2.05, 4.69) is 10.3 Å². The lowest BCUT2D eigenvalue weighted by atomic mass is 9.80. The summed E-state index contributed by atoms with van der Waals surface area (Å²) in [5.74, 6) is -4.95. The van der Waals surface area contributed by atoms with Crippen LogP contribution in [0.2, 0.25) is 0 Å². The molecule has 2 aromatic carbocycles. The standard InChI is InChI=1S/C29H34FN3O5/c1-18-7-3-4-8-22(18)32-26(20-9-11-23-25(16-20)37-17-31-23)27(34)29(30,33-13-5-6-14-33)38-24-12-10-21(28(35)36)15-19(24)2/h3-4,7-9,11,16-17,19,21,24,26,32H,5-6,10,12-15H2,1-2H3,(H,35,36). The summed E-state index contributed by atoms with van der Waals surface area (Å²) in [5, 5.41) is 12.7. The number of alkyl halides is 1. The second-order valence-corrected chi connectivity index (χ2v) is 10.6. The molecule has 2 fully saturated rings. The van der Waals surface area contributed by atoms with E-state index in [1.807, 2.05) is 38.1 Å². The number of hydrogen-bond donors (Lipinski definition) is 2. The summed E-state index contributed by atoms with van der Waals surface area (Å²) in [6, 6.07) is 11.7. The first-order chi connectivity index (χ1) is 18.3. The predicted molar refractivity (Wildman–Crippen MR) is 140 cm³/mol. The van der Waals surface area contributed by atoms with Crippen molar-refractivity contribution in [3.05, 3.63) is 60.0 Å². The van der Waals surface area contributed by atoms with Crippen LogP contribution in [0.4, 0.5) is 10.1 Å². The molecule has 0 radical (unpaired) electrons. The normalized spacial score (nSPS) is 24.7. The average Bonchev–Trinajstić information content (AvgIpc) is 3.61. The summed E-state index contributed by atoms with van der Waals surface area (Å²) in [6.45, 7) is 4.60. The van der Waals surface area contributed by atoms with E-state index in [-0.39, 0.29) is 5.92 Å². The highest BCUT2D eigenvalue weighted by atomic mass is 19.2. The molecule has 9 heteroatoms. The van der Waals surface area contributed by atoms with Crippen molar-refractivity contribution in [1.82, 2.24) is 9.88 Å². The SMILES string of the molecule is Cc1ccccc1NC(C(=O)C(F)(OC1CCC(C(=O)O)CC1C)N1CCCC1)c1ccc2ncoc2c1. The molecular formula is C29H34FN3O5.